The highest BCUT2D eigenvalue weighted by Crippen LogP contribution is 2.51. The molecule has 184 valence electrons. The molecule has 7 nitrogen and oxygen atoms in total. The van der Waals surface area contributed by atoms with Crippen LogP contribution in [0.4, 0.5) is 18.9 Å². The summed E-state index contributed by atoms with van der Waals surface area (Å²) >= 11 is 6.22. The Balaban J connectivity index is 2.00. The number of carbonyl (C=O) groups excluding carboxylic acids is 2. The van der Waals surface area contributed by atoms with Crippen molar-refractivity contribution in [1.29, 1.82) is 0 Å². The lowest BCUT2D eigenvalue weighted by molar-refractivity contribution is -0.274. The summed E-state index contributed by atoms with van der Waals surface area (Å²) in [6.07, 6.45) is -5.10. The number of carbonyl (C=O) groups is 2. The Hall–Kier alpha value is -2.98. The van der Waals surface area contributed by atoms with Crippen molar-refractivity contribution in [2.24, 2.45) is 0 Å². The van der Waals surface area contributed by atoms with Crippen LogP contribution in [0.2, 0.25) is 5.02 Å². The van der Waals surface area contributed by atoms with E-state index in [1.54, 1.807) is 0 Å². The van der Waals surface area contributed by atoms with Gasteiger partial charge in [-0.3, -0.25) is 9.59 Å². The minimum absolute atomic E-state index is 0.00361. The first kappa shape index (κ1) is 25.6. The van der Waals surface area contributed by atoms with Crippen LogP contribution in [-0.2, 0) is 19.9 Å². The predicted octanol–water partition coefficient (Wildman–Crippen LogP) is 4.19. The second kappa shape index (κ2) is 9.71. The van der Waals surface area contributed by atoms with Crippen molar-refractivity contribution >= 4 is 29.2 Å². The van der Waals surface area contributed by atoms with Crippen molar-refractivity contribution in [2.75, 3.05) is 31.8 Å². The summed E-state index contributed by atoms with van der Waals surface area (Å²) in [6.45, 7) is 2.13. The zero-order valence-corrected chi connectivity index (χ0v) is 19.4. The molecule has 0 fully saturated rings. The summed E-state index contributed by atoms with van der Waals surface area (Å²) in [4.78, 5) is 24.0. The standard InChI is InChI=1S/C23H23ClF3NO6/c1-13(17-11-16(5-6-18(17)24)33-9-8-32-14(2)29)22(31,23(25,26)27)15-4-7-20-19(10-15)28(3)21(30)12-34-20/h4-7,10-11,13,31H,8-9,12H2,1-3H3. The van der Waals surface area contributed by atoms with E-state index in [0.717, 1.165) is 12.1 Å². The fraction of sp³-hybridized carbons (Fsp3) is 0.391. The Morgan fingerprint density at radius 2 is 1.94 bits per heavy atom. The maximum atomic E-state index is 14.4. The third-order valence-electron chi connectivity index (χ3n) is 5.64. The molecule has 3 rings (SSSR count). The van der Waals surface area contributed by atoms with Crippen LogP contribution in [0.3, 0.4) is 0 Å². The van der Waals surface area contributed by atoms with Crippen LogP contribution >= 0.6 is 11.6 Å². The first-order valence-corrected chi connectivity index (χ1v) is 10.6. The molecule has 0 saturated heterocycles. The molecule has 0 spiro atoms. The van der Waals surface area contributed by atoms with Gasteiger partial charge in [-0.1, -0.05) is 24.6 Å². The number of esters is 1. The van der Waals surface area contributed by atoms with Gasteiger partial charge in [0.25, 0.3) is 5.91 Å². The molecule has 1 N–H and O–H groups in total. The van der Waals surface area contributed by atoms with Gasteiger partial charge in [-0.2, -0.15) is 13.2 Å². The predicted molar refractivity (Wildman–Crippen MR) is 117 cm³/mol. The number of amides is 1. The van der Waals surface area contributed by atoms with Crippen molar-refractivity contribution in [2.45, 2.75) is 31.5 Å². The summed E-state index contributed by atoms with van der Waals surface area (Å²) in [5.41, 5.74) is -3.74. The Morgan fingerprint density at radius 1 is 1.24 bits per heavy atom. The number of rotatable bonds is 7. The van der Waals surface area contributed by atoms with Crippen LogP contribution in [0, 0.1) is 0 Å². The molecule has 1 heterocycles. The van der Waals surface area contributed by atoms with E-state index in [1.165, 1.54) is 50.1 Å². The number of halogens is 4. The normalized spacial score (nSPS) is 16.2. The van der Waals surface area contributed by atoms with E-state index < -0.39 is 35.1 Å². The summed E-state index contributed by atoms with van der Waals surface area (Å²) in [5.74, 6) is -2.08. The molecule has 0 bridgehead atoms. The average Bonchev–Trinajstić information content (AvgIpc) is 2.78. The zero-order chi connectivity index (χ0) is 25.3. The molecule has 11 heteroatoms. The van der Waals surface area contributed by atoms with E-state index in [4.69, 9.17) is 25.8 Å². The summed E-state index contributed by atoms with van der Waals surface area (Å²) in [7, 11) is 1.41. The number of likely N-dealkylation sites (N-methyl/N-ethyl adjacent to an activating group) is 1. The van der Waals surface area contributed by atoms with Gasteiger partial charge >= 0.3 is 12.1 Å². The van der Waals surface area contributed by atoms with E-state index in [0.29, 0.717) is 0 Å². The first-order valence-electron chi connectivity index (χ1n) is 10.2. The Kier molecular flexibility index (Phi) is 7.32. The number of hydrogen-bond acceptors (Lipinski definition) is 6. The monoisotopic (exact) mass is 501 g/mol. The van der Waals surface area contributed by atoms with E-state index in [9.17, 15) is 27.9 Å². The van der Waals surface area contributed by atoms with E-state index in [1.807, 2.05) is 0 Å². The van der Waals surface area contributed by atoms with Crippen LogP contribution < -0.4 is 14.4 Å². The Labute approximate surface area is 199 Å². The third-order valence-corrected chi connectivity index (χ3v) is 5.98. The number of ether oxygens (including phenoxy) is 3. The Bertz CT molecular complexity index is 1090. The van der Waals surface area contributed by atoms with Crippen molar-refractivity contribution in [3.8, 4) is 11.5 Å². The number of benzene rings is 2. The van der Waals surface area contributed by atoms with Crippen LogP contribution in [-0.4, -0.2) is 50.0 Å². The molecular formula is C23H23ClF3NO6. The second-order valence-corrected chi connectivity index (χ2v) is 8.19. The average molecular weight is 502 g/mol. The molecule has 34 heavy (non-hydrogen) atoms. The maximum absolute atomic E-state index is 14.4. The van der Waals surface area contributed by atoms with Crippen LogP contribution in [0.15, 0.2) is 36.4 Å². The number of alkyl halides is 3. The number of nitrogens with zero attached hydrogens (tertiary/aromatic N) is 1. The largest absolute Gasteiger partial charge is 0.490 e. The lowest BCUT2D eigenvalue weighted by atomic mass is 9.77. The van der Waals surface area contributed by atoms with Crippen molar-refractivity contribution in [1.82, 2.24) is 0 Å². The topological polar surface area (TPSA) is 85.3 Å². The SMILES string of the molecule is CC(=O)OCCOc1ccc(Cl)c(C(C)C(O)(c2ccc3c(c2)N(C)C(=O)CO3)C(F)(F)F)c1. The summed E-state index contributed by atoms with van der Waals surface area (Å²) in [5, 5.41) is 11.2. The maximum Gasteiger partial charge on any atom is 0.422 e. The Morgan fingerprint density at radius 3 is 2.59 bits per heavy atom. The lowest BCUT2D eigenvalue weighted by Crippen LogP contribution is -2.47. The molecule has 1 aliphatic heterocycles. The smallest absolute Gasteiger partial charge is 0.422 e. The van der Waals surface area contributed by atoms with E-state index in [-0.39, 0.29) is 47.6 Å². The van der Waals surface area contributed by atoms with Gasteiger partial charge in [0.05, 0.1) is 5.69 Å². The molecule has 2 atom stereocenters. The van der Waals surface area contributed by atoms with Crippen molar-refractivity contribution < 1.29 is 42.1 Å². The van der Waals surface area contributed by atoms with Crippen molar-refractivity contribution in [3.05, 3.63) is 52.5 Å². The van der Waals surface area contributed by atoms with Crippen molar-refractivity contribution in [3.63, 3.8) is 0 Å². The van der Waals surface area contributed by atoms with Gasteiger partial charge in [0.1, 0.15) is 24.7 Å². The van der Waals surface area contributed by atoms with E-state index in [2.05, 4.69) is 0 Å². The van der Waals surface area contributed by atoms with Gasteiger partial charge in [0.15, 0.2) is 12.2 Å². The molecule has 0 aromatic heterocycles. The van der Waals surface area contributed by atoms with Crippen LogP contribution in [0.25, 0.3) is 0 Å². The van der Waals surface area contributed by atoms with Gasteiger partial charge in [-0.25, -0.2) is 0 Å². The van der Waals surface area contributed by atoms with Crippen LogP contribution in [0.5, 0.6) is 11.5 Å². The highest BCUT2D eigenvalue weighted by molar-refractivity contribution is 6.31. The molecule has 2 unspecified atom stereocenters. The third kappa shape index (κ3) is 4.92. The van der Waals surface area contributed by atoms with Gasteiger partial charge in [-0.05, 0) is 41.5 Å². The lowest BCUT2D eigenvalue weighted by Gasteiger charge is -2.38. The van der Waals surface area contributed by atoms with E-state index >= 15 is 0 Å². The molecule has 0 aliphatic carbocycles. The second-order valence-electron chi connectivity index (χ2n) is 7.78. The number of aliphatic hydroxyl groups is 1. The van der Waals surface area contributed by atoms with Gasteiger partial charge in [0, 0.05) is 24.9 Å². The number of anilines is 1. The number of fused-ring (bicyclic) bond motifs is 1. The van der Waals surface area contributed by atoms with Crippen LogP contribution in [0.1, 0.15) is 30.9 Å². The summed E-state index contributed by atoms with van der Waals surface area (Å²) in [6, 6.07) is 7.60. The highest BCUT2D eigenvalue weighted by Gasteiger charge is 2.59. The van der Waals surface area contributed by atoms with Gasteiger partial charge < -0.3 is 24.2 Å². The molecule has 0 radical (unpaired) electrons. The quantitative estimate of drug-likeness (QED) is 0.452. The molecule has 0 saturated carbocycles. The first-order chi connectivity index (χ1) is 15.9. The summed E-state index contributed by atoms with van der Waals surface area (Å²) < 4.78 is 58.7. The molecule has 2 aromatic rings. The minimum atomic E-state index is -5.10. The van der Waals surface area contributed by atoms with Gasteiger partial charge in [-0.15, -0.1) is 0 Å². The highest BCUT2D eigenvalue weighted by atomic mass is 35.5. The fourth-order valence-electron chi connectivity index (χ4n) is 3.68. The zero-order valence-electron chi connectivity index (χ0n) is 18.6. The minimum Gasteiger partial charge on any atom is -0.490 e. The molecule has 1 aliphatic rings. The van der Waals surface area contributed by atoms with Gasteiger partial charge in [0.2, 0.25) is 0 Å². The molecular weight excluding hydrogens is 479 g/mol. The molecule has 2 aromatic carbocycles. The number of hydrogen-bond donors (Lipinski definition) is 1. The molecule has 1 amide bonds. The fourth-order valence-corrected chi connectivity index (χ4v) is 3.96.